The molecule has 8 heteroatoms. The summed E-state index contributed by atoms with van der Waals surface area (Å²) in [6, 6.07) is 36.7. The molecular formula is C47H53N5O3. The lowest BCUT2D eigenvalue weighted by molar-refractivity contribution is -0.145. The fraction of sp³-hybridized carbons (Fsp3) is 0.340. The van der Waals surface area contributed by atoms with Gasteiger partial charge in [0.25, 0.3) is 5.91 Å². The summed E-state index contributed by atoms with van der Waals surface area (Å²) in [6.45, 7) is 2.96. The maximum atomic E-state index is 14.0. The van der Waals surface area contributed by atoms with E-state index in [1.54, 1.807) is 13.3 Å². The van der Waals surface area contributed by atoms with Crippen LogP contribution in [0.5, 0.6) is 0 Å². The first kappa shape index (κ1) is 37.8. The minimum absolute atomic E-state index is 0.00284. The van der Waals surface area contributed by atoms with Gasteiger partial charge in [-0.1, -0.05) is 116 Å². The van der Waals surface area contributed by atoms with E-state index in [2.05, 4.69) is 60.8 Å². The van der Waals surface area contributed by atoms with Gasteiger partial charge < -0.3 is 25.6 Å². The molecule has 8 nitrogen and oxygen atoms in total. The second-order valence-electron chi connectivity index (χ2n) is 15.2. The lowest BCUT2D eigenvalue weighted by Crippen LogP contribution is -2.49. The molecule has 3 N–H and O–H groups in total. The Balaban J connectivity index is 1.06. The predicted octanol–water partition coefficient (Wildman–Crippen LogP) is 7.88. The number of fused-ring (bicyclic) bond motifs is 2. The number of rotatable bonds is 12. The molecule has 2 amide bonds. The Kier molecular flexibility index (Phi) is 11.9. The molecule has 3 fully saturated rings. The maximum absolute atomic E-state index is 14.0. The highest BCUT2D eigenvalue weighted by atomic mass is 16.5. The van der Waals surface area contributed by atoms with E-state index in [1.165, 1.54) is 0 Å². The fourth-order valence-corrected chi connectivity index (χ4v) is 9.04. The molecule has 1 aliphatic carbocycles. The summed E-state index contributed by atoms with van der Waals surface area (Å²) in [5.41, 5.74) is 14.2. The Labute approximate surface area is 325 Å². The van der Waals surface area contributed by atoms with E-state index in [0.29, 0.717) is 18.3 Å². The van der Waals surface area contributed by atoms with Gasteiger partial charge in [-0.3, -0.25) is 14.6 Å². The number of methoxy groups -OCH3 is 1. The van der Waals surface area contributed by atoms with Crippen molar-refractivity contribution < 1.29 is 14.3 Å². The van der Waals surface area contributed by atoms with Crippen molar-refractivity contribution in [2.24, 2.45) is 22.6 Å². The van der Waals surface area contributed by atoms with Crippen LogP contribution < -0.4 is 11.1 Å². The molecule has 1 saturated carbocycles. The van der Waals surface area contributed by atoms with Gasteiger partial charge in [0.1, 0.15) is 0 Å². The van der Waals surface area contributed by atoms with E-state index in [9.17, 15) is 9.59 Å². The minimum Gasteiger partial charge on any atom is -0.404 e. The SMILES string of the molecule is CN/C=C(\N=CC1C2CC[C@H](C2)N1C(=O)C(OC)c1ccccc1)c1ccc(-c2ccc(/C(=C/N)[C@@H]3[C@H](C)CCCN3C(=O)Cc3ccccc3)cc2)cc1. The van der Waals surface area contributed by atoms with Crippen molar-refractivity contribution in [3.63, 3.8) is 0 Å². The van der Waals surface area contributed by atoms with Crippen LogP contribution in [-0.2, 0) is 20.7 Å². The number of nitrogens with two attached hydrogens (primary N) is 1. The van der Waals surface area contributed by atoms with Crippen LogP contribution in [0.2, 0.25) is 0 Å². The third kappa shape index (κ3) is 8.15. The van der Waals surface area contributed by atoms with Gasteiger partial charge in [-0.05, 0) is 83.5 Å². The van der Waals surface area contributed by atoms with Crippen LogP contribution in [0.25, 0.3) is 22.4 Å². The number of carbonyl (C=O) groups is 2. The van der Waals surface area contributed by atoms with E-state index >= 15 is 0 Å². The quantitative estimate of drug-likeness (QED) is 0.144. The van der Waals surface area contributed by atoms with E-state index in [0.717, 1.165) is 83.3 Å². The van der Waals surface area contributed by atoms with Crippen molar-refractivity contribution in [1.29, 1.82) is 0 Å². The molecule has 2 heterocycles. The third-order valence-electron chi connectivity index (χ3n) is 11.8. The van der Waals surface area contributed by atoms with Gasteiger partial charge in [-0.25, -0.2) is 0 Å². The molecular weight excluding hydrogens is 683 g/mol. The number of benzene rings is 4. The number of likely N-dealkylation sites (tertiary alicyclic amines) is 2. The Morgan fingerprint density at radius 2 is 1.55 bits per heavy atom. The van der Waals surface area contributed by atoms with Crippen LogP contribution in [0.3, 0.4) is 0 Å². The topological polar surface area (TPSA) is 100 Å². The van der Waals surface area contributed by atoms with Crippen molar-refractivity contribution in [3.05, 3.63) is 144 Å². The molecule has 55 heavy (non-hydrogen) atoms. The number of hydrogen-bond donors (Lipinski definition) is 2. The van der Waals surface area contributed by atoms with E-state index in [-0.39, 0.29) is 29.9 Å². The summed E-state index contributed by atoms with van der Waals surface area (Å²) in [5.74, 6) is 0.824. The highest BCUT2D eigenvalue weighted by Crippen LogP contribution is 2.43. The molecule has 3 aliphatic rings. The molecule has 2 saturated heterocycles. The second kappa shape index (κ2) is 17.3. The summed E-state index contributed by atoms with van der Waals surface area (Å²) in [4.78, 5) is 36.6. The van der Waals surface area contributed by atoms with Gasteiger partial charge in [0.15, 0.2) is 6.10 Å². The Morgan fingerprint density at radius 1 is 0.891 bits per heavy atom. The lowest BCUT2D eigenvalue weighted by Gasteiger charge is -2.41. The van der Waals surface area contributed by atoms with Crippen molar-refractivity contribution in [2.45, 2.75) is 69.7 Å². The molecule has 2 bridgehead atoms. The summed E-state index contributed by atoms with van der Waals surface area (Å²) in [5, 5.41) is 3.16. The Hall–Kier alpha value is -5.47. The van der Waals surface area contributed by atoms with Gasteiger partial charge in [0.05, 0.1) is 24.2 Å². The number of ether oxygens (including phenoxy) is 1. The summed E-state index contributed by atoms with van der Waals surface area (Å²) < 4.78 is 5.75. The minimum atomic E-state index is -0.636. The Morgan fingerprint density at radius 3 is 2.18 bits per heavy atom. The predicted molar refractivity (Wildman–Crippen MR) is 222 cm³/mol. The fourth-order valence-electron chi connectivity index (χ4n) is 9.04. The zero-order chi connectivity index (χ0) is 38.3. The molecule has 4 aromatic rings. The summed E-state index contributed by atoms with van der Waals surface area (Å²) >= 11 is 0. The lowest BCUT2D eigenvalue weighted by atomic mass is 9.82. The average Bonchev–Trinajstić information content (AvgIpc) is 3.84. The van der Waals surface area contributed by atoms with Crippen molar-refractivity contribution >= 4 is 29.3 Å². The molecule has 4 aromatic carbocycles. The molecule has 2 aliphatic heterocycles. The first-order valence-electron chi connectivity index (χ1n) is 19.7. The van der Waals surface area contributed by atoms with Gasteiger partial charge in [-0.15, -0.1) is 0 Å². The molecule has 7 rings (SSSR count). The summed E-state index contributed by atoms with van der Waals surface area (Å²) in [7, 11) is 3.48. The largest absolute Gasteiger partial charge is 0.404 e. The number of piperidine rings is 2. The number of hydrogen-bond acceptors (Lipinski definition) is 6. The van der Waals surface area contributed by atoms with Gasteiger partial charge in [-0.2, -0.15) is 0 Å². The molecule has 0 radical (unpaired) electrons. The number of aliphatic imine (C=N–C) groups is 1. The Bertz CT molecular complexity index is 2010. The monoisotopic (exact) mass is 735 g/mol. The molecule has 3 unspecified atom stereocenters. The number of carbonyl (C=O) groups excluding carboxylic acids is 2. The summed E-state index contributed by atoms with van der Waals surface area (Å²) in [6.07, 6.45) is 10.5. The van der Waals surface area contributed by atoms with Crippen LogP contribution >= 0.6 is 0 Å². The average molecular weight is 736 g/mol. The number of amides is 2. The first-order chi connectivity index (χ1) is 26.9. The van der Waals surface area contributed by atoms with Crippen molar-refractivity contribution in [2.75, 3.05) is 20.7 Å². The molecule has 6 atom stereocenters. The van der Waals surface area contributed by atoms with Crippen LogP contribution in [0.15, 0.2) is 127 Å². The van der Waals surface area contributed by atoms with E-state index in [4.69, 9.17) is 15.5 Å². The van der Waals surface area contributed by atoms with Gasteiger partial charge in [0, 0.05) is 44.7 Å². The van der Waals surface area contributed by atoms with E-state index < -0.39 is 6.10 Å². The second-order valence-corrected chi connectivity index (χ2v) is 15.2. The zero-order valence-electron chi connectivity index (χ0n) is 32.2. The third-order valence-corrected chi connectivity index (χ3v) is 11.8. The molecule has 284 valence electrons. The van der Waals surface area contributed by atoms with Gasteiger partial charge >= 0.3 is 0 Å². The molecule has 0 spiro atoms. The standard InChI is InChI=1S/C47H53N5O3/c1-32-11-10-26-51(44(53)27-33-12-6-4-7-13-33)45(32)41(29-48)36-20-16-34(17-21-36)35-18-22-37(23-19-35)42(30-49-2)50-31-43-39-24-25-40(28-39)52(43)47(54)46(55-3)38-14-8-5-9-15-38/h4-9,12-23,29-32,39-40,43,45-46,49H,10-11,24-28,48H2,1-3H3/b41-29-,42-30-,50-31?/t32-,39?,40-,43?,45+,46?/m1/s1. The van der Waals surface area contributed by atoms with Gasteiger partial charge in [0.2, 0.25) is 5.91 Å². The van der Waals surface area contributed by atoms with Crippen LogP contribution in [0.1, 0.15) is 67.4 Å². The van der Waals surface area contributed by atoms with Crippen LogP contribution in [0, 0.1) is 11.8 Å². The van der Waals surface area contributed by atoms with Crippen LogP contribution in [0.4, 0.5) is 0 Å². The highest BCUT2D eigenvalue weighted by molar-refractivity contribution is 5.88. The number of nitrogens with zero attached hydrogens (tertiary/aromatic N) is 3. The normalized spacial score (nSPS) is 23.3. The maximum Gasteiger partial charge on any atom is 0.257 e. The van der Waals surface area contributed by atoms with E-state index in [1.807, 2.05) is 89.9 Å². The zero-order valence-corrected chi connectivity index (χ0v) is 32.2. The number of nitrogens with one attached hydrogen (secondary N) is 1. The smallest absolute Gasteiger partial charge is 0.257 e. The molecule has 0 aromatic heterocycles. The first-order valence-corrected chi connectivity index (χ1v) is 19.7. The van der Waals surface area contributed by atoms with Crippen molar-refractivity contribution in [3.8, 4) is 11.1 Å². The highest BCUT2D eigenvalue weighted by Gasteiger charge is 2.49. The van der Waals surface area contributed by atoms with Crippen LogP contribution in [-0.4, -0.2) is 66.7 Å². The van der Waals surface area contributed by atoms with Crippen molar-refractivity contribution in [1.82, 2.24) is 15.1 Å².